The highest BCUT2D eigenvalue weighted by atomic mass is 79.9. The number of hydrogen-bond donors (Lipinski definition) is 1. The van der Waals surface area contributed by atoms with Gasteiger partial charge in [-0.3, -0.25) is 8.42 Å². The van der Waals surface area contributed by atoms with Gasteiger partial charge in [0.15, 0.2) is 40.6 Å². The third kappa shape index (κ3) is 15.4. The number of hydrogen-bond acceptors (Lipinski definition) is 5. The van der Waals surface area contributed by atoms with Crippen molar-refractivity contribution in [3.63, 3.8) is 0 Å². The number of rotatable bonds is 6. The second-order valence-electron chi connectivity index (χ2n) is 6.44. The lowest BCUT2D eigenvalue weighted by Gasteiger charge is -2.06. The molecule has 3 rings (SSSR count). The van der Waals surface area contributed by atoms with Crippen LogP contribution in [-0.4, -0.2) is 44.0 Å². The number of aromatic hydroxyl groups is 1. The van der Waals surface area contributed by atoms with Crippen LogP contribution in [0.5, 0.6) is 17.2 Å². The Hall–Kier alpha value is -1.19. The number of alkyl halides is 2. The van der Waals surface area contributed by atoms with Gasteiger partial charge < -0.3 is 14.6 Å². The SMILES string of the molecule is CS(=O)CCl.CS(=O)COc1c(F)cccc1Br.FCOc1c(F)cccc1Br.Oc1c(F)cccc1Br. The van der Waals surface area contributed by atoms with Gasteiger partial charge in [0.25, 0.3) is 0 Å². The molecule has 0 aliphatic rings. The lowest BCUT2D eigenvalue weighted by molar-refractivity contribution is 0.183. The van der Waals surface area contributed by atoms with Crippen LogP contribution >= 0.6 is 59.4 Å². The van der Waals surface area contributed by atoms with Crippen molar-refractivity contribution < 1.29 is 40.6 Å². The van der Waals surface area contributed by atoms with Crippen LogP contribution in [0.3, 0.4) is 0 Å². The number of halogens is 8. The molecule has 3 aromatic rings. The fraction of sp³-hybridized carbons (Fsp3) is 0.217. The molecule has 0 amide bonds. The average molecular weight is 794 g/mol. The van der Waals surface area contributed by atoms with Crippen LogP contribution in [0.4, 0.5) is 17.6 Å². The largest absolute Gasteiger partial charge is 0.504 e. The van der Waals surface area contributed by atoms with Gasteiger partial charge in [-0.25, -0.2) is 17.6 Å². The summed E-state index contributed by atoms with van der Waals surface area (Å²) in [7, 11) is -1.90. The van der Waals surface area contributed by atoms with Gasteiger partial charge in [0.05, 0.1) is 29.4 Å². The minimum absolute atomic E-state index is 0.000463. The molecule has 0 radical (unpaired) electrons. The summed E-state index contributed by atoms with van der Waals surface area (Å²) in [4.78, 5) is 0. The summed E-state index contributed by atoms with van der Waals surface area (Å²) in [6.45, 7) is -1.03. The standard InChI is InChI=1S/C8H8BrFO2S.C7H5BrF2O.C6H4BrFO.C2H5ClOS/c1-13(11)5-12-8-6(9)3-2-4-7(8)10;8-5-2-1-3-6(10)7(5)11-4-9;7-4-2-1-3-5(8)6(4)9;1-5(4)2-3/h2-4H,5H2,1H3;1-3H,4H2;1-3,9H;2H2,1H3. The summed E-state index contributed by atoms with van der Waals surface area (Å²) in [6, 6.07) is 13.1. The molecule has 5 nitrogen and oxygen atoms in total. The summed E-state index contributed by atoms with van der Waals surface area (Å²) >= 11 is 14.1. The summed E-state index contributed by atoms with van der Waals surface area (Å²) in [5.74, 6) is -1.95. The molecule has 0 heterocycles. The van der Waals surface area contributed by atoms with Crippen LogP contribution < -0.4 is 9.47 Å². The van der Waals surface area contributed by atoms with Gasteiger partial charge in [0.2, 0.25) is 6.86 Å². The Morgan fingerprint density at radius 1 is 0.763 bits per heavy atom. The van der Waals surface area contributed by atoms with Crippen LogP contribution in [0.15, 0.2) is 68.0 Å². The first-order valence-electron chi connectivity index (χ1n) is 9.84. The second-order valence-corrected chi connectivity index (χ2v) is 12.4. The first kappa shape index (κ1) is 36.8. The van der Waals surface area contributed by atoms with E-state index in [9.17, 15) is 26.0 Å². The predicted molar refractivity (Wildman–Crippen MR) is 155 cm³/mol. The number of benzene rings is 3. The quantitative estimate of drug-likeness (QED) is 0.202. The zero-order chi connectivity index (χ0) is 29.3. The van der Waals surface area contributed by atoms with Gasteiger partial charge >= 0.3 is 0 Å². The first-order valence-corrected chi connectivity index (χ1v) is 16.2. The molecule has 38 heavy (non-hydrogen) atoms. The van der Waals surface area contributed by atoms with Crippen molar-refractivity contribution >= 4 is 81.0 Å². The molecule has 1 N–H and O–H groups in total. The Labute approximate surface area is 253 Å². The zero-order valence-corrected chi connectivity index (χ0v) is 26.9. The molecular formula is C23H22Br3ClF4O5S2. The van der Waals surface area contributed by atoms with Crippen molar-refractivity contribution in [2.24, 2.45) is 0 Å². The number of phenols is 1. The van der Waals surface area contributed by atoms with Crippen molar-refractivity contribution in [3.05, 3.63) is 85.5 Å². The van der Waals surface area contributed by atoms with E-state index in [1.54, 1.807) is 30.5 Å². The van der Waals surface area contributed by atoms with E-state index in [-0.39, 0.29) is 28.4 Å². The van der Waals surface area contributed by atoms with Crippen LogP contribution in [-0.2, 0) is 21.6 Å². The number of para-hydroxylation sites is 3. The van der Waals surface area contributed by atoms with Gasteiger partial charge in [0, 0.05) is 23.3 Å². The first-order chi connectivity index (χ1) is 17.8. The minimum atomic E-state index is -1.09. The van der Waals surface area contributed by atoms with Gasteiger partial charge in [-0.05, 0) is 84.2 Å². The number of phenolic OH excluding ortho intramolecular Hbond substituents is 1. The smallest absolute Gasteiger partial charge is 0.228 e. The second kappa shape index (κ2) is 20.7. The molecule has 0 spiro atoms. The van der Waals surface area contributed by atoms with Gasteiger partial charge in [-0.15, -0.1) is 11.6 Å². The van der Waals surface area contributed by atoms with E-state index in [4.69, 9.17) is 21.4 Å². The highest BCUT2D eigenvalue weighted by Crippen LogP contribution is 2.28. The van der Waals surface area contributed by atoms with Crippen molar-refractivity contribution in [1.82, 2.24) is 0 Å². The molecule has 0 saturated carbocycles. The summed E-state index contributed by atoms with van der Waals surface area (Å²) in [5.41, 5.74) is 0. The molecule has 0 bridgehead atoms. The Morgan fingerprint density at radius 3 is 1.47 bits per heavy atom. The lowest BCUT2D eigenvalue weighted by Crippen LogP contribution is -2.04. The van der Waals surface area contributed by atoms with E-state index in [2.05, 4.69) is 52.5 Å². The molecule has 2 atom stereocenters. The molecule has 212 valence electrons. The summed E-state index contributed by atoms with van der Waals surface area (Å²) in [5, 5.41) is 9.03. The van der Waals surface area contributed by atoms with Crippen LogP contribution in [0.1, 0.15) is 0 Å². The molecule has 0 saturated heterocycles. The van der Waals surface area contributed by atoms with E-state index in [0.717, 1.165) is 0 Å². The molecule has 2 unspecified atom stereocenters. The van der Waals surface area contributed by atoms with Crippen molar-refractivity contribution in [2.75, 3.05) is 30.5 Å². The highest BCUT2D eigenvalue weighted by Gasteiger charge is 2.08. The van der Waals surface area contributed by atoms with Crippen molar-refractivity contribution in [3.8, 4) is 17.2 Å². The lowest BCUT2D eigenvalue weighted by atomic mass is 10.3. The number of ether oxygens (including phenoxy) is 2. The average Bonchev–Trinajstić information content (AvgIpc) is 2.85. The normalized spacial score (nSPS) is 11.3. The van der Waals surface area contributed by atoms with E-state index >= 15 is 0 Å². The molecular weight excluding hydrogens is 772 g/mol. The third-order valence-electron chi connectivity index (χ3n) is 3.50. The van der Waals surface area contributed by atoms with Crippen molar-refractivity contribution in [1.29, 1.82) is 0 Å². The molecule has 0 fully saturated rings. The monoisotopic (exact) mass is 790 g/mol. The van der Waals surface area contributed by atoms with Gasteiger partial charge in [-0.2, -0.15) is 0 Å². The predicted octanol–water partition coefficient (Wildman–Crippen LogP) is 8.05. The van der Waals surface area contributed by atoms with E-state index in [1.165, 1.54) is 36.6 Å². The summed E-state index contributed by atoms with van der Waals surface area (Å²) < 4.78 is 80.9. The van der Waals surface area contributed by atoms with Gasteiger partial charge in [0.1, 0.15) is 0 Å². The Balaban J connectivity index is 0.000000503. The highest BCUT2D eigenvalue weighted by molar-refractivity contribution is 9.11. The van der Waals surface area contributed by atoms with E-state index in [0.29, 0.717) is 13.4 Å². The maximum absolute atomic E-state index is 13.0. The Morgan fingerprint density at radius 2 is 1.16 bits per heavy atom. The third-order valence-corrected chi connectivity index (χ3v) is 7.06. The fourth-order valence-corrected chi connectivity index (χ4v) is 3.47. The topological polar surface area (TPSA) is 72.8 Å². The molecule has 0 aliphatic carbocycles. The molecule has 15 heteroatoms. The maximum atomic E-state index is 13.0. The van der Waals surface area contributed by atoms with Crippen molar-refractivity contribution in [2.45, 2.75) is 0 Å². The van der Waals surface area contributed by atoms with E-state index < -0.39 is 45.9 Å². The molecule has 3 aromatic carbocycles. The molecule has 0 aromatic heterocycles. The maximum Gasteiger partial charge on any atom is 0.228 e. The molecule has 0 aliphatic heterocycles. The fourth-order valence-electron chi connectivity index (χ4n) is 1.93. The van der Waals surface area contributed by atoms with E-state index in [1.807, 2.05) is 0 Å². The van der Waals surface area contributed by atoms with Crippen LogP contribution in [0.2, 0.25) is 0 Å². The van der Waals surface area contributed by atoms with Crippen LogP contribution in [0.25, 0.3) is 0 Å². The Kier molecular flexibility index (Phi) is 20.0. The minimum Gasteiger partial charge on any atom is -0.504 e. The Bertz CT molecular complexity index is 1140. The summed E-state index contributed by atoms with van der Waals surface area (Å²) in [6.07, 6.45) is 3.06. The van der Waals surface area contributed by atoms with Crippen LogP contribution in [0, 0.1) is 17.5 Å². The van der Waals surface area contributed by atoms with Gasteiger partial charge in [-0.1, -0.05) is 18.2 Å². The zero-order valence-electron chi connectivity index (χ0n) is 19.7.